The molecule has 0 aliphatic rings. The van der Waals surface area contributed by atoms with E-state index in [1.54, 1.807) is 0 Å². The Kier molecular flexibility index (Phi) is 4.36. The fourth-order valence-electron chi connectivity index (χ4n) is 1.42. The highest BCUT2D eigenvalue weighted by Crippen LogP contribution is 2.05. The Balaban J connectivity index is 2.16. The first-order valence-corrected chi connectivity index (χ1v) is 5.22. The van der Waals surface area contributed by atoms with Gasteiger partial charge in [0.2, 0.25) is 0 Å². The van der Waals surface area contributed by atoms with E-state index < -0.39 is 0 Å². The zero-order chi connectivity index (χ0) is 10.4. The molecule has 1 aromatic heterocycles. The van der Waals surface area contributed by atoms with Crippen molar-refractivity contribution in [1.29, 1.82) is 0 Å². The van der Waals surface area contributed by atoms with Gasteiger partial charge in [0.15, 0.2) is 0 Å². The third-order valence-corrected chi connectivity index (χ3v) is 2.42. The Hall–Kier alpha value is -1.12. The minimum Gasteiger partial charge on any atom is -0.338 e. The van der Waals surface area contributed by atoms with Crippen molar-refractivity contribution < 1.29 is 4.79 Å². The van der Waals surface area contributed by atoms with Crippen LogP contribution in [-0.4, -0.2) is 15.3 Å². The Morgan fingerprint density at radius 3 is 2.86 bits per heavy atom. The lowest BCUT2D eigenvalue weighted by Gasteiger charge is -2.00. The first-order chi connectivity index (χ1) is 6.74. The minimum absolute atomic E-state index is 0.366. The maximum atomic E-state index is 11.0. The van der Waals surface area contributed by atoms with E-state index in [0.29, 0.717) is 12.2 Å². The first-order valence-electron chi connectivity index (χ1n) is 5.22. The fourth-order valence-corrected chi connectivity index (χ4v) is 1.42. The van der Waals surface area contributed by atoms with Crippen LogP contribution in [0.25, 0.3) is 0 Å². The van der Waals surface area contributed by atoms with E-state index in [2.05, 4.69) is 4.98 Å². The highest BCUT2D eigenvalue weighted by atomic mass is 16.1. The summed E-state index contributed by atoms with van der Waals surface area (Å²) in [5.74, 6) is 1.47. The number of carbonyl (C=O) groups excluding carboxylic acids is 1. The molecule has 0 radical (unpaired) electrons. The third kappa shape index (κ3) is 3.32. The Bertz CT molecular complexity index is 291. The SMILES string of the molecule is CCC(=O)CCCCc1nccn1C. The molecular formula is C11H18N2O. The van der Waals surface area contributed by atoms with Gasteiger partial charge in [0.05, 0.1) is 0 Å². The summed E-state index contributed by atoms with van der Waals surface area (Å²) in [6.07, 6.45) is 8.17. The first kappa shape index (κ1) is 11.0. The summed E-state index contributed by atoms with van der Waals surface area (Å²) in [4.78, 5) is 15.2. The van der Waals surface area contributed by atoms with Gasteiger partial charge in [0.1, 0.15) is 11.6 Å². The number of nitrogens with zero attached hydrogens (tertiary/aromatic N) is 2. The molecular weight excluding hydrogens is 176 g/mol. The van der Waals surface area contributed by atoms with Crippen LogP contribution in [0.4, 0.5) is 0 Å². The van der Waals surface area contributed by atoms with Crippen LogP contribution in [0.5, 0.6) is 0 Å². The van der Waals surface area contributed by atoms with Gasteiger partial charge < -0.3 is 4.57 Å². The molecule has 0 spiro atoms. The van der Waals surface area contributed by atoms with E-state index in [-0.39, 0.29) is 0 Å². The van der Waals surface area contributed by atoms with E-state index in [4.69, 9.17) is 0 Å². The lowest BCUT2D eigenvalue weighted by molar-refractivity contribution is -0.118. The van der Waals surface area contributed by atoms with E-state index in [1.165, 1.54) is 0 Å². The molecule has 3 nitrogen and oxygen atoms in total. The average molecular weight is 194 g/mol. The number of carbonyl (C=O) groups is 1. The molecule has 1 heterocycles. The van der Waals surface area contributed by atoms with Crippen molar-refractivity contribution in [3.8, 4) is 0 Å². The van der Waals surface area contributed by atoms with Crippen molar-refractivity contribution in [2.75, 3.05) is 0 Å². The smallest absolute Gasteiger partial charge is 0.132 e. The number of unbranched alkanes of at least 4 members (excludes halogenated alkanes) is 1. The third-order valence-electron chi connectivity index (χ3n) is 2.42. The maximum absolute atomic E-state index is 11.0. The van der Waals surface area contributed by atoms with Crippen LogP contribution in [0.1, 0.15) is 38.4 Å². The standard InChI is InChI=1S/C11H18N2O/c1-3-10(14)6-4-5-7-11-12-8-9-13(11)2/h8-9H,3-7H2,1-2H3. The molecule has 0 unspecified atom stereocenters. The molecule has 14 heavy (non-hydrogen) atoms. The molecule has 1 aromatic rings. The van der Waals surface area contributed by atoms with Crippen LogP contribution >= 0.6 is 0 Å². The van der Waals surface area contributed by atoms with Crippen LogP contribution < -0.4 is 0 Å². The number of imidazole rings is 1. The number of hydrogen-bond acceptors (Lipinski definition) is 2. The lowest BCUT2D eigenvalue weighted by Crippen LogP contribution is -1.99. The second kappa shape index (κ2) is 5.58. The van der Waals surface area contributed by atoms with Crippen molar-refractivity contribution in [2.45, 2.75) is 39.0 Å². The highest BCUT2D eigenvalue weighted by molar-refractivity contribution is 5.77. The molecule has 0 saturated carbocycles. The van der Waals surface area contributed by atoms with E-state index >= 15 is 0 Å². The zero-order valence-corrected chi connectivity index (χ0v) is 8.99. The summed E-state index contributed by atoms with van der Waals surface area (Å²) >= 11 is 0. The summed E-state index contributed by atoms with van der Waals surface area (Å²) in [5, 5.41) is 0. The van der Waals surface area contributed by atoms with E-state index in [9.17, 15) is 4.79 Å². The molecule has 0 fully saturated rings. The maximum Gasteiger partial charge on any atom is 0.132 e. The van der Waals surface area contributed by atoms with Gasteiger partial charge >= 0.3 is 0 Å². The lowest BCUT2D eigenvalue weighted by atomic mass is 10.1. The monoisotopic (exact) mass is 194 g/mol. The molecule has 0 saturated heterocycles. The van der Waals surface area contributed by atoms with Crippen LogP contribution in [0.3, 0.4) is 0 Å². The molecule has 0 atom stereocenters. The molecule has 1 rings (SSSR count). The molecule has 0 N–H and O–H groups in total. The molecule has 0 aromatic carbocycles. The number of aryl methyl sites for hydroxylation is 2. The van der Waals surface area contributed by atoms with Gasteiger partial charge in [-0.15, -0.1) is 0 Å². The predicted octanol–water partition coefficient (Wildman–Crippen LogP) is 2.11. The normalized spacial score (nSPS) is 10.4. The fraction of sp³-hybridized carbons (Fsp3) is 0.636. The topological polar surface area (TPSA) is 34.9 Å². The van der Waals surface area contributed by atoms with Crippen LogP contribution in [0.2, 0.25) is 0 Å². The molecule has 78 valence electrons. The van der Waals surface area contributed by atoms with E-state index in [1.807, 2.05) is 30.9 Å². The van der Waals surface area contributed by atoms with Crippen molar-refractivity contribution >= 4 is 5.78 Å². The number of rotatable bonds is 6. The van der Waals surface area contributed by atoms with Gasteiger partial charge in [-0.25, -0.2) is 4.98 Å². The van der Waals surface area contributed by atoms with Gasteiger partial charge in [-0.1, -0.05) is 6.92 Å². The second-order valence-corrected chi connectivity index (χ2v) is 3.55. The summed E-state index contributed by atoms with van der Waals surface area (Å²) in [6, 6.07) is 0. The minimum atomic E-state index is 0.366. The van der Waals surface area contributed by atoms with Crippen molar-refractivity contribution in [3.63, 3.8) is 0 Å². The molecule has 0 amide bonds. The van der Waals surface area contributed by atoms with Gasteiger partial charge in [-0.2, -0.15) is 0 Å². The molecule has 0 bridgehead atoms. The van der Waals surface area contributed by atoms with Crippen molar-refractivity contribution in [3.05, 3.63) is 18.2 Å². The average Bonchev–Trinajstić information content (AvgIpc) is 2.58. The van der Waals surface area contributed by atoms with Gasteiger partial charge in [0, 0.05) is 38.7 Å². The van der Waals surface area contributed by atoms with Crippen LogP contribution in [-0.2, 0) is 18.3 Å². The largest absolute Gasteiger partial charge is 0.338 e. The van der Waals surface area contributed by atoms with Gasteiger partial charge in [0.25, 0.3) is 0 Å². The number of ketones is 1. The van der Waals surface area contributed by atoms with Gasteiger partial charge in [-0.3, -0.25) is 4.79 Å². The summed E-state index contributed by atoms with van der Waals surface area (Å²) in [7, 11) is 2.00. The summed E-state index contributed by atoms with van der Waals surface area (Å²) in [5.41, 5.74) is 0. The van der Waals surface area contributed by atoms with Crippen molar-refractivity contribution in [2.24, 2.45) is 7.05 Å². The quantitative estimate of drug-likeness (QED) is 0.650. The molecule has 3 heteroatoms. The number of Topliss-reactive ketones (excluding diaryl/α,β-unsaturated/α-hetero) is 1. The summed E-state index contributed by atoms with van der Waals surface area (Å²) < 4.78 is 2.03. The predicted molar refractivity (Wildman–Crippen MR) is 56.1 cm³/mol. The zero-order valence-electron chi connectivity index (χ0n) is 8.99. The van der Waals surface area contributed by atoms with Crippen LogP contribution in [0, 0.1) is 0 Å². The highest BCUT2D eigenvalue weighted by Gasteiger charge is 2.01. The number of aromatic nitrogens is 2. The molecule has 0 aliphatic carbocycles. The molecule has 0 aliphatic heterocycles. The Labute approximate surface area is 85.2 Å². The second-order valence-electron chi connectivity index (χ2n) is 3.55. The van der Waals surface area contributed by atoms with Crippen molar-refractivity contribution in [1.82, 2.24) is 9.55 Å². The Morgan fingerprint density at radius 1 is 1.50 bits per heavy atom. The van der Waals surface area contributed by atoms with Gasteiger partial charge in [-0.05, 0) is 12.8 Å². The number of hydrogen-bond donors (Lipinski definition) is 0. The van der Waals surface area contributed by atoms with E-state index in [0.717, 1.165) is 31.5 Å². The summed E-state index contributed by atoms with van der Waals surface area (Å²) in [6.45, 7) is 1.92. The Morgan fingerprint density at radius 2 is 2.29 bits per heavy atom. The van der Waals surface area contributed by atoms with Crippen LogP contribution in [0.15, 0.2) is 12.4 Å².